The lowest BCUT2D eigenvalue weighted by molar-refractivity contribution is -0.140. The van der Waals surface area contributed by atoms with Gasteiger partial charge >= 0.3 is 5.97 Å². The molecule has 17 heavy (non-hydrogen) atoms. The Balaban J connectivity index is 2.72. The second-order valence-electron chi connectivity index (χ2n) is 4.18. The van der Waals surface area contributed by atoms with Gasteiger partial charge < -0.3 is 5.11 Å². The molecule has 0 aliphatic carbocycles. The minimum Gasteiger partial charge on any atom is -0.480 e. The van der Waals surface area contributed by atoms with Crippen LogP contribution in [0.2, 0.25) is 5.02 Å². The standard InChI is InChI=1S/C12H15ClFNO2/c1-7(2)11(12(16)17)15-6-8-5-9(13)3-4-10(8)14/h3-5,7,11,15H,6H2,1-2H3,(H,16,17)/t11-/m0/s1. The van der Waals surface area contributed by atoms with Gasteiger partial charge in [-0.25, -0.2) is 4.39 Å². The lowest BCUT2D eigenvalue weighted by Gasteiger charge is -2.18. The molecule has 0 radical (unpaired) electrons. The predicted molar refractivity (Wildman–Crippen MR) is 64.5 cm³/mol. The smallest absolute Gasteiger partial charge is 0.320 e. The molecule has 0 heterocycles. The van der Waals surface area contributed by atoms with Crippen LogP contribution in [0.1, 0.15) is 19.4 Å². The Kier molecular flexibility index (Phi) is 4.90. The Morgan fingerprint density at radius 2 is 2.18 bits per heavy atom. The molecule has 0 amide bonds. The molecular weight excluding hydrogens is 245 g/mol. The maximum atomic E-state index is 13.4. The molecule has 2 N–H and O–H groups in total. The van der Waals surface area contributed by atoms with E-state index >= 15 is 0 Å². The highest BCUT2D eigenvalue weighted by molar-refractivity contribution is 6.30. The fourth-order valence-electron chi connectivity index (χ4n) is 1.51. The number of hydrogen-bond donors (Lipinski definition) is 2. The van der Waals surface area contributed by atoms with Crippen LogP contribution in [-0.4, -0.2) is 17.1 Å². The van der Waals surface area contributed by atoms with Crippen molar-refractivity contribution in [2.24, 2.45) is 5.92 Å². The first-order valence-electron chi connectivity index (χ1n) is 5.32. The molecule has 0 aliphatic rings. The number of hydrogen-bond acceptors (Lipinski definition) is 2. The van der Waals surface area contributed by atoms with Gasteiger partial charge in [-0.05, 0) is 24.1 Å². The van der Waals surface area contributed by atoms with Crippen LogP contribution in [0, 0.1) is 11.7 Å². The van der Waals surface area contributed by atoms with Crippen molar-refractivity contribution in [1.29, 1.82) is 0 Å². The largest absolute Gasteiger partial charge is 0.480 e. The maximum absolute atomic E-state index is 13.4. The number of benzene rings is 1. The Labute approximate surface area is 105 Å². The summed E-state index contributed by atoms with van der Waals surface area (Å²) in [6, 6.07) is 3.51. The van der Waals surface area contributed by atoms with Crippen LogP contribution in [-0.2, 0) is 11.3 Å². The van der Waals surface area contributed by atoms with Gasteiger partial charge in [0.2, 0.25) is 0 Å². The molecule has 1 rings (SSSR count). The normalized spacial score (nSPS) is 12.8. The number of carboxylic acid groups (broad SMARTS) is 1. The van der Waals surface area contributed by atoms with Crippen LogP contribution in [0.15, 0.2) is 18.2 Å². The summed E-state index contributed by atoms with van der Waals surface area (Å²) in [5.41, 5.74) is 0.365. The number of halogens is 2. The van der Waals surface area contributed by atoms with Gasteiger partial charge in [0, 0.05) is 17.1 Å². The quantitative estimate of drug-likeness (QED) is 0.855. The molecule has 94 valence electrons. The molecule has 1 aromatic carbocycles. The molecule has 0 aliphatic heterocycles. The molecule has 1 atom stereocenters. The molecule has 0 bridgehead atoms. The average Bonchev–Trinajstić information content (AvgIpc) is 2.22. The first kappa shape index (κ1) is 13.9. The van der Waals surface area contributed by atoms with E-state index in [4.69, 9.17) is 16.7 Å². The van der Waals surface area contributed by atoms with Crippen molar-refractivity contribution in [3.63, 3.8) is 0 Å². The van der Waals surface area contributed by atoms with E-state index in [0.717, 1.165) is 0 Å². The van der Waals surface area contributed by atoms with Gasteiger partial charge in [0.1, 0.15) is 11.9 Å². The van der Waals surface area contributed by atoms with Gasteiger partial charge in [-0.3, -0.25) is 10.1 Å². The molecular formula is C12H15ClFNO2. The second kappa shape index (κ2) is 5.98. The van der Waals surface area contributed by atoms with Gasteiger partial charge in [0.15, 0.2) is 0 Å². The molecule has 0 unspecified atom stereocenters. The minimum absolute atomic E-state index is 0.0743. The molecule has 0 spiro atoms. The van der Waals surface area contributed by atoms with Crippen LogP contribution in [0.4, 0.5) is 4.39 Å². The van der Waals surface area contributed by atoms with Crippen LogP contribution >= 0.6 is 11.6 Å². The number of carbonyl (C=O) groups is 1. The summed E-state index contributed by atoms with van der Waals surface area (Å²) in [6.45, 7) is 3.72. The lowest BCUT2D eigenvalue weighted by atomic mass is 10.0. The number of nitrogens with one attached hydrogen (secondary N) is 1. The molecule has 5 heteroatoms. The molecule has 3 nitrogen and oxygen atoms in total. The summed E-state index contributed by atoms with van der Waals surface area (Å²) >= 11 is 5.75. The van der Waals surface area contributed by atoms with Crippen LogP contribution in [0.25, 0.3) is 0 Å². The van der Waals surface area contributed by atoms with Crippen LogP contribution in [0.5, 0.6) is 0 Å². The molecule has 0 aromatic heterocycles. The van der Waals surface area contributed by atoms with Gasteiger partial charge in [-0.2, -0.15) is 0 Å². The van der Waals surface area contributed by atoms with E-state index in [-0.39, 0.29) is 12.5 Å². The molecule has 0 saturated heterocycles. The SMILES string of the molecule is CC(C)[C@H](NCc1cc(Cl)ccc1F)C(=O)O. The fraction of sp³-hybridized carbons (Fsp3) is 0.417. The third kappa shape index (κ3) is 3.98. The Morgan fingerprint density at radius 1 is 1.53 bits per heavy atom. The lowest BCUT2D eigenvalue weighted by Crippen LogP contribution is -2.40. The van der Waals surface area contributed by atoms with E-state index in [1.807, 2.05) is 0 Å². The number of carboxylic acids is 1. The first-order valence-corrected chi connectivity index (χ1v) is 5.69. The van der Waals surface area contributed by atoms with Gasteiger partial charge in [-0.15, -0.1) is 0 Å². The minimum atomic E-state index is -0.942. The number of rotatable bonds is 5. The van der Waals surface area contributed by atoms with E-state index in [1.165, 1.54) is 18.2 Å². The summed E-state index contributed by atoms with van der Waals surface area (Å²) in [5, 5.41) is 12.2. The molecule has 1 aromatic rings. The average molecular weight is 260 g/mol. The first-order chi connectivity index (χ1) is 7.91. The topological polar surface area (TPSA) is 49.3 Å². The fourth-order valence-corrected chi connectivity index (χ4v) is 1.70. The van der Waals surface area contributed by atoms with E-state index in [2.05, 4.69) is 5.32 Å². The van der Waals surface area contributed by atoms with Crippen molar-refractivity contribution in [2.45, 2.75) is 26.4 Å². The highest BCUT2D eigenvalue weighted by Gasteiger charge is 2.20. The summed E-state index contributed by atoms with van der Waals surface area (Å²) in [4.78, 5) is 10.9. The zero-order valence-corrected chi connectivity index (χ0v) is 10.5. The van der Waals surface area contributed by atoms with Crippen molar-refractivity contribution in [3.8, 4) is 0 Å². The van der Waals surface area contributed by atoms with E-state index in [1.54, 1.807) is 13.8 Å². The van der Waals surface area contributed by atoms with Crippen LogP contribution in [0.3, 0.4) is 0 Å². The summed E-state index contributed by atoms with van der Waals surface area (Å²) in [5.74, 6) is -1.41. The zero-order chi connectivity index (χ0) is 13.0. The summed E-state index contributed by atoms with van der Waals surface area (Å²) in [7, 11) is 0. The van der Waals surface area contributed by atoms with E-state index < -0.39 is 17.8 Å². The Hall–Kier alpha value is -1.13. The maximum Gasteiger partial charge on any atom is 0.320 e. The van der Waals surface area contributed by atoms with Crippen molar-refractivity contribution < 1.29 is 14.3 Å². The number of aliphatic carboxylic acids is 1. The summed E-state index contributed by atoms with van der Waals surface area (Å²) in [6.07, 6.45) is 0. The second-order valence-corrected chi connectivity index (χ2v) is 4.61. The van der Waals surface area contributed by atoms with E-state index in [9.17, 15) is 9.18 Å². The monoisotopic (exact) mass is 259 g/mol. The third-order valence-electron chi connectivity index (χ3n) is 2.45. The third-order valence-corrected chi connectivity index (χ3v) is 2.69. The van der Waals surface area contributed by atoms with Crippen molar-refractivity contribution in [2.75, 3.05) is 0 Å². The molecule has 0 fully saturated rings. The molecule has 0 saturated carbocycles. The van der Waals surface area contributed by atoms with E-state index in [0.29, 0.717) is 10.6 Å². The highest BCUT2D eigenvalue weighted by Crippen LogP contribution is 2.15. The van der Waals surface area contributed by atoms with Crippen molar-refractivity contribution in [3.05, 3.63) is 34.6 Å². The highest BCUT2D eigenvalue weighted by atomic mass is 35.5. The predicted octanol–water partition coefficient (Wildman–Crippen LogP) is 2.68. The Morgan fingerprint density at radius 3 is 2.71 bits per heavy atom. The van der Waals surface area contributed by atoms with Crippen molar-refractivity contribution >= 4 is 17.6 Å². The Bertz CT molecular complexity index is 409. The van der Waals surface area contributed by atoms with Crippen molar-refractivity contribution in [1.82, 2.24) is 5.32 Å². The summed E-state index contributed by atoms with van der Waals surface area (Å²) < 4.78 is 13.4. The van der Waals surface area contributed by atoms with Gasteiger partial charge in [-0.1, -0.05) is 25.4 Å². The van der Waals surface area contributed by atoms with Gasteiger partial charge in [0.05, 0.1) is 0 Å². The van der Waals surface area contributed by atoms with Crippen LogP contribution < -0.4 is 5.32 Å². The zero-order valence-electron chi connectivity index (χ0n) is 9.71. The van der Waals surface area contributed by atoms with Gasteiger partial charge in [0.25, 0.3) is 0 Å².